The summed E-state index contributed by atoms with van der Waals surface area (Å²) in [7, 11) is 3.16. The fourth-order valence-corrected chi connectivity index (χ4v) is 4.02. The monoisotopic (exact) mass is 556 g/mol. The number of rotatable bonds is 15. The van der Waals surface area contributed by atoms with E-state index in [-0.39, 0.29) is 36.3 Å². The summed E-state index contributed by atoms with van der Waals surface area (Å²) in [4.78, 5) is 67.7. The number of aliphatic carboxylic acids is 3. The highest BCUT2D eigenvalue weighted by Crippen LogP contribution is 2.22. The van der Waals surface area contributed by atoms with Crippen molar-refractivity contribution >= 4 is 82.1 Å². The highest BCUT2D eigenvalue weighted by atomic mass is 35.5. The second-order valence-corrected chi connectivity index (χ2v) is 8.51. The normalized spacial score (nSPS) is 13.5. The van der Waals surface area contributed by atoms with Crippen molar-refractivity contribution in [2.45, 2.75) is 37.0 Å². The second kappa shape index (κ2) is 18.4. The van der Waals surface area contributed by atoms with Crippen molar-refractivity contribution in [1.29, 1.82) is 0 Å². The standard InChI is InChI=1S/C15H24N4O10S2.2ClH/c1-29-11(22)3-9(15(27)28)19-13(24)7(17)5-31-30-4-6(16)12(23)18-8(14(25)26)2-10(20)21;;/h6-9H,2-5,16-17H2,1H3,(H,18,23)(H,19,24)(H,20,21)(H,25,26)(H,27,28);2*1H. The predicted molar refractivity (Wildman–Crippen MR) is 123 cm³/mol. The zero-order valence-corrected chi connectivity index (χ0v) is 20.4. The molecule has 0 radical (unpaired) electrons. The topological polar surface area (TPSA) is 248 Å². The number of carbonyl (C=O) groups is 6. The lowest BCUT2D eigenvalue weighted by Crippen LogP contribution is -2.50. The molecule has 0 aliphatic carbocycles. The zero-order valence-electron chi connectivity index (χ0n) is 17.1. The molecule has 0 fully saturated rings. The quantitative estimate of drug-likeness (QED) is 0.0656. The van der Waals surface area contributed by atoms with Crippen LogP contribution in [-0.4, -0.2) is 93.8 Å². The highest BCUT2D eigenvalue weighted by molar-refractivity contribution is 8.76. The number of ether oxygens (including phenoxy) is 1. The van der Waals surface area contributed by atoms with Crippen molar-refractivity contribution in [1.82, 2.24) is 10.6 Å². The molecule has 9 N–H and O–H groups in total. The van der Waals surface area contributed by atoms with Crippen LogP contribution in [0.3, 0.4) is 0 Å². The van der Waals surface area contributed by atoms with Gasteiger partial charge in [-0.1, -0.05) is 21.6 Å². The van der Waals surface area contributed by atoms with E-state index in [9.17, 15) is 28.8 Å². The first-order chi connectivity index (χ1) is 14.4. The van der Waals surface area contributed by atoms with E-state index >= 15 is 0 Å². The van der Waals surface area contributed by atoms with Crippen LogP contribution in [-0.2, 0) is 33.5 Å². The van der Waals surface area contributed by atoms with Crippen LogP contribution in [0.15, 0.2) is 0 Å². The van der Waals surface area contributed by atoms with E-state index in [4.69, 9.17) is 26.8 Å². The van der Waals surface area contributed by atoms with Crippen LogP contribution in [0, 0.1) is 0 Å². The van der Waals surface area contributed by atoms with Gasteiger partial charge in [-0.25, -0.2) is 9.59 Å². The maximum absolute atomic E-state index is 12.0. The van der Waals surface area contributed by atoms with Crippen LogP contribution in [0.25, 0.3) is 0 Å². The number of amides is 2. The third-order valence-corrected chi connectivity index (χ3v) is 5.93. The summed E-state index contributed by atoms with van der Waals surface area (Å²) in [5.41, 5.74) is 11.3. The molecule has 2 amide bonds. The second-order valence-electron chi connectivity index (χ2n) is 5.96. The SMILES string of the molecule is COC(=O)CC(NC(=O)C(N)CSSCC(N)C(=O)NC(CC(=O)O)C(=O)O)C(=O)O.Cl.Cl. The Morgan fingerprint density at radius 3 is 1.45 bits per heavy atom. The Kier molecular flexibility index (Phi) is 19.9. The first-order valence-electron chi connectivity index (χ1n) is 8.49. The molecule has 0 rings (SSSR count). The van der Waals surface area contributed by atoms with Gasteiger partial charge in [0.25, 0.3) is 0 Å². The molecule has 0 aliphatic heterocycles. The first-order valence-corrected chi connectivity index (χ1v) is 11.0. The largest absolute Gasteiger partial charge is 0.481 e. The molecule has 4 atom stereocenters. The third-order valence-electron chi connectivity index (χ3n) is 3.46. The molecule has 0 spiro atoms. The van der Waals surface area contributed by atoms with Crippen LogP contribution in [0.4, 0.5) is 0 Å². The van der Waals surface area contributed by atoms with Crippen molar-refractivity contribution in [2.75, 3.05) is 18.6 Å². The van der Waals surface area contributed by atoms with Crippen molar-refractivity contribution in [3.8, 4) is 0 Å². The number of halogens is 2. The molecule has 0 saturated carbocycles. The number of methoxy groups -OCH3 is 1. The van der Waals surface area contributed by atoms with Gasteiger partial charge in [0.1, 0.15) is 12.1 Å². The maximum Gasteiger partial charge on any atom is 0.326 e. The number of carbonyl (C=O) groups excluding carboxylic acids is 3. The molecule has 4 unspecified atom stereocenters. The number of esters is 1. The zero-order chi connectivity index (χ0) is 24.1. The van der Waals surface area contributed by atoms with Gasteiger partial charge in [0.15, 0.2) is 0 Å². The third kappa shape index (κ3) is 15.5. The highest BCUT2D eigenvalue weighted by Gasteiger charge is 2.27. The minimum absolute atomic E-state index is 0. The maximum atomic E-state index is 12.0. The van der Waals surface area contributed by atoms with Crippen LogP contribution in [0.2, 0.25) is 0 Å². The summed E-state index contributed by atoms with van der Waals surface area (Å²) in [6.45, 7) is 0. The van der Waals surface area contributed by atoms with Gasteiger partial charge >= 0.3 is 23.9 Å². The Hall–Kier alpha value is -1.98. The van der Waals surface area contributed by atoms with Gasteiger partial charge in [0, 0.05) is 11.5 Å². The number of nitrogens with one attached hydrogen (secondary N) is 2. The fraction of sp³-hybridized carbons (Fsp3) is 0.600. The van der Waals surface area contributed by atoms with E-state index in [0.29, 0.717) is 0 Å². The summed E-state index contributed by atoms with van der Waals surface area (Å²) in [6, 6.07) is -5.42. The van der Waals surface area contributed by atoms with Crippen LogP contribution >= 0.6 is 46.4 Å². The molecule has 0 aromatic rings. The minimum Gasteiger partial charge on any atom is -0.481 e. The molecule has 0 saturated heterocycles. The van der Waals surface area contributed by atoms with Crippen LogP contribution in [0.1, 0.15) is 12.8 Å². The Bertz CT molecular complexity index is 704. The smallest absolute Gasteiger partial charge is 0.326 e. The summed E-state index contributed by atoms with van der Waals surface area (Å²) >= 11 is 0. The molecule has 0 heterocycles. The molecular formula is C15H26Cl2N4O10S2. The van der Waals surface area contributed by atoms with E-state index in [1.165, 1.54) is 0 Å². The van der Waals surface area contributed by atoms with Crippen molar-refractivity contribution in [2.24, 2.45) is 11.5 Å². The summed E-state index contributed by atoms with van der Waals surface area (Å²) in [5.74, 6) is -6.87. The van der Waals surface area contributed by atoms with Gasteiger partial charge in [-0.3, -0.25) is 19.2 Å². The number of hydrogen-bond donors (Lipinski definition) is 7. The predicted octanol–water partition coefficient (Wildman–Crippen LogP) is -1.96. The molecule has 0 aromatic carbocycles. The van der Waals surface area contributed by atoms with Crippen molar-refractivity contribution in [3.05, 3.63) is 0 Å². The van der Waals surface area contributed by atoms with Crippen LogP contribution < -0.4 is 22.1 Å². The van der Waals surface area contributed by atoms with E-state index in [1.54, 1.807) is 0 Å². The number of carboxylic acids is 3. The Labute approximate surface area is 208 Å². The Morgan fingerprint density at radius 2 is 1.15 bits per heavy atom. The lowest BCUT2D eigenvalue weighted by Gasteiger charge is -2.17. The average Bonchev–Trinajstić information content (AvgIpc) is 2.68. The minimum atomic E-state index is -1.63. The molecule has 0 aliphatic rings. The Morgan fingerprint density at radius 1 is 0.788 bits per heavy atom. The molecule has 18 heteroatoms. The van der Waals surface area contributed by atoms with E-state index in [2.05, 4.69) is 10.1 Å². The lowest BCUT2D eigenvalue weighted by atomic mass is 10.2. The van der Waals surface area contributed by atoms with Gasteiger partial charge in [-0.05, 0) is 0 Å². The lowest BCUT2D eigenvalue weighted by molar-refractivity contribution is -0.148. The van der Waals surface area contributed by atoms with Crippen molar-refractivity contribution in [3.63, 3.8) is 0 Å². The van der Waals surface area contributed by atoms with Gasteiger partial charge < -0.3 is 42.2 Å². The summed E-state index contributed by atoms with van der Waals surface area (Å²) < 4.78 is 4.35. The number of hydrogen-bond acceptors (Lipinski definition) is 11. The molecule has 14 nitrogen and oxygen atoms in total. The number of carboxylic acid groups (broad SMARTS) is 3. The molecule has 0 aromatic heterocycles. The summed E-state index contributed by atoms with van der Waals surface area (Å²) in [5, 5.41) is 30.7. The van der Waals surface area contributed by atoms with Gasteiger partial charge in [0.05, 0.1) is 32.0 Å². The molecule has 192 valence electrons. The van der Waals surface area contributed by atoms with E-state index in [1.807, 2.05) is 5.32 Å². The average molecular weight is 557 g/mol. The van der Waals surface area contributed by atoms with Gasteiger partial charge in [-0.15, -0.1) is 24.8 Å². The van der Waals surface area contributed by atoms with Crippen molar-refractivity contribution < 1.29 is 48.8 Å². The first kappa shape index (κ1) is 35.6. The van der Waals surface area contributed by atoms with Crippen LogP contribution in [0.5, 0.6) is 0 Å². The Balaban J connectivity index is -0.00000450. The summed E-state index contributed by atoms with van der Waals surface area (Å²) in [6.07, 6.45) is -1.39. The molecule has 0 bridgehead atoms. The number of nitrogens with two attached hydrogens (primary N) is 2. The van der Waals surface area contributed by atoms with Gasteiger partial charge in [-0.2, -0.15) is 0 Å². The van der Waals surface area contributed by atoms with E-state index < -0.39 is 72.7 Å². The molecule has 33 heavy (non-hydrogen) atoms. The van der Waals surface area contributed by atoms with E-state index in [0.717, 1.165) is 28.7 Å². The van der Waals surface area contributed by atoms with Gasteiger partial charge in [0.2, 0.25) is 11.8 Å². The fourth-order valence-electron chi connectivity index (χ4n) is 1.78. The molecular weight excluding hydrogens is 531 g/mol.